The van der Waals surface area contributed by atoms with Crippen molar-refractivity contribution in [3.05, 3.63) is 52.5 Å². The van der Waals surface area contributed by atoms with Gasteiger partial charge in [-0.05, 0) is 50.7 Å². The predicted molar refractivity (Wildman–Crippen MR) is 114 cm³/mol. The summed E-state index contributed by atoms with van der Waals surface area (Å²) in [6.07, 6.45) is 7.55. The van der Waals surface area contributed by atoms with Crippen molar-refractivity contribution in [2.45, 2.75) is 45.2 Å². The molecule has 1 aliphatic heterocycles. The molecule has 156 valence electrons. The molecule has 0 aromatic carbocycles. The lowest BCUT2D eigenvalue weighted by atomic mass is 9.96. The second-order valence-electron chi connectivity index (χ2n) is 8.34. The van der Waals surface area contributed by atoms with Crippen molar-refractivity contribution in [3.63, 3.8) is 0 Å². The third kappa shape index (κ3) is 3.86. The smallest absolute Gasteiger partial charge is 0.253 e. The highest BCUT2D eigenvalue weighted by Gasteiger charge is 2.27. The highest BCUT2D eigenvalue weighted by molar-refractivity contribution is 5.82. The summed E-state index contributed by atoms with van der Waals surface area (Å²) >= 11 is 0. The first-order valence-electron chi connectivity index (χ1n) is 10.6. The fourth-order valence-corrected chi connectivity index (χ4v) is 4.08. The molecule has 0 amide bonds. The summed E-state index contributed by atoms with van der Waals surface area (Å²) in [6.45, 7) is 4.27. The van der Waals surface area contributed by atoms with E-state index in [1.807, 2.05) is 13.0 Å². The lowest BCUT2D eigenvalue weighted by Crippen LogP contribution is -2.37. The van der Waals surface area contributed by atoms with E-state index < -0.39 is 5.82 Å². The number of rotatable bonds is 5. The maximum absolute atomic E-state index is 13.2. The van der Waals surface area contributed by atoms with Crippen LogP contribution in [0.1, 0.15) is 31.4 Å². The van der Waals surface area contributed by atoms with E-state index in [2.05, 4.69) is 15.2 Å². The van der Waals surface area contributed by atoms with Crippen LogP contribution in [0.5, 0.6) is 0 Å². The lowest BCUT2D eigenvalue weighted by Gasteiger charge is -2.34. The van der Waals surface area contributed by atoms with Gasteiger partial charge in [-0.2, -0.15) is 0 Å². The number of aromatic nitrogens is 4. The van der Waals surface area contributed by atoms with Crippen molar-refractivity contribution in [3.8, 4) is 0 Å². The molecule has 0 unspecified atom stereocenters. The minimum Gasteiger partial charge on any atom is -0.364 e. The van der Waals surface area contributed by atoms with E-state index in [0.717, 1.165) is 60.4 Å². The first kappa shape index (κ1) is 19.0. The molecule has 3 aromatic heterocycles. The molecule has 0 bridgehead atoms. The van der Waals surface area contributed by atoms with E-state index in [4.69, 9.17) is 9.97 Å². The van der Waals surface area contributed by atoms with E-state index >= 15 is 0 Å². The van der Waals surface area contributed by atoms with Crippen LogP contribution < -0.4 is 15.8 Å². The molecule has 0 spiro atoms. The van der Waals surface area contributed by atoms with Crippen molar-refractivity contribution in [2.75, 3.05) is 23.3 Å². The Morgan fingerprint density at radius 2 is 1.97 bits per heavy atom. The number of nitrogens with one attached hydrogen (secondary N) is 1. The number of anilines is 2. The van der Waals surface area contributed by atoms with Gasteiger partial charge in [-0.1, -0.05) is 0 Å². The zero-order valence-electron chi connectivity index (χ0n) is 17.0. The molecule has 1 saturated heterocycles. The zero-order valence-corrected chi connectivity index (χ0v) is 17.0. The molecule has 8 heteroatoms. The first-order chi connectivity index (χ1) is 14.6. The van der Waals surface area contributed by atoms with Crippen LogP contribution in [0.3, 0.4) is 0 Å². The number of hydrogen-bond acceptors (Lipinski definition) is 6. The minimum absolute atomic E-state index is 0.281. The quantitative estimate of drug-likeness (QED) is 0.699. The molecule has 7 nitrogen and oxygen atoms in total. The van der Waals surface area contributed by atoms with Crippen LogP contribution in [0.2, 0.25) is 0 Å². The summed E-state index contributed by atoms with van der Waals surface area (Å²) in [4.78, 5) is 28.5. The van der Waals surface area contributed by atoms with Crippen LogP contribution in [0.25, 0.3) is 11.0 Å². The molecule has 3 aromatic rings. The molecular weight excluding hydrogens is 383 g/mol. The van der Waals surface area contributed by atoms with Gasteiger partial charge in [0.25, 0.3) is 5.56 Å². The van der Waals surface area contributed by atoms with Gasteiger partial charge in [0.15, 0.2) is 11.6 Å². The lowest BCUT2D eigenvalue weighted by molar-refractivity contribution is 0.351. The third-order valence-corrected chi connectivity index (χ3v) is 5.99. The number of nitrogens with zero attached hydrogens (tertiary/aromatic N) is 5. The fourth-order valence-electron chi connectivity index (χ4n) is 4.08. The fraction of sp³-hybridized carbons (Fsp3) is 0.455. The Balaban J connectivity index is 1.35. The van der Waals surface area contributed by atoms with Crippen LogP contribution >= 0.6 is 0 Å². The van der Waals surface area contributed by atoms with Crippen LogP contribution in [-0.2, 0) is 6.54 Å². The summed E-state index contributed by atoms with van der Waals surface area (Å²) in [5.41, 5.74) is 2.30. The largest absolute Gasteiger partial charge is 0.364 e. The molecule has 1 N–H and O–H groups in total. The molecule has 4 heterocycles. The average Bonchev–Trinajstić information content (AvgIpc) is 3.55. The molecule has 5 rings (SSSR count). The van der Waals surface area contributed by atoms with Crippen molar-refractivity contribution < 1.29 is 4.39 Å². The van der Waals surface area contributed by atoms with Gasteiger partial charge in [0, 0.05) is 44.1 Å². The van der Waals surface area contributed by atoms with Gasteiger partial charge in [0.1, 0.15) is 11.3 Å². The van der Waals surface area contributed by atoms with Crippen molar-refractivity contribution in [1.82, 2.24) is 19.5 Å². The van der Waals surface area contributed by atoms with Crippen LogP contribution in [-0.4, -0.2) is 38.7 Å². The highest BCUT2D eigenvalue weighted by Crippen LogP contribution is 2.33. The molecule has 1 saturated carbocycles. The molecule has 0 atom stereocenters. The maximum Gasteiger partial charge on any atom is 0.253 e. The van der Waals surface area contributed by atoms with E-state index in [0.29, 0.717) is 18.5 Å². The first-order valence-corrected chi connectivity index (χ1v) is 10.6. The van der Waals surface area contributed by atoms with Gasteiger partial charge in [0.05, 0.1) is 11.2 Å². The predicted octanol–water partition coefficient (Wildman–Crippen LogP) is 3.12. The van der Waals surface area contributed by atoms with E-state index in [9.17, 15) is 9.18 Å². The van der Waals surface area contributed by atoms with Crippen LogP contribution in [0.15, 0.2) is 35.4 Å². The number of hydrogen-bond donors (Lipinski definition) is 1. The molecule has 1 aliphatic carbocycles. The normalized spacial score (nSPS) is 17.5. The molecule has 2 fully saturated rings. The minimum atomic E-state index is -0.485. The van der Waals surface area contributed by atoms with E-state index in [1.54, 1.807) is 17.0 Å². The Kier molecular flexibility index (Phi) is 4.84. The van der Waals surface area contributed by atoms with Crippen molar-refractivity contribution in [2.24, 2.45) is 5.92 Å². The van der Waals surface area contributed by atoms with Crippen LogP contribution in [0.4, 0.5) is 16.0 Å². The number of fused-ring (bicyclic) bond motifs is 1. The van der Waals surface area contributed by atoms with Gasteiger partial charge in [-0.3, -0.25) is 9.78 Å². The zero-order chi connectivity index (χ0) is 20.7. The molecule has 2 aliphatic rings. The molecular formula is C22H25FN6O. The highest BCUT2D eigenvalue weighted by atomic mass is 19.1. The average molecular weight is 408 g/mol. The van der Waals surface area contributed by atoms with Crippen molar-refractivity contribution >= 4 is 22.7 Å². The monoisotopic (exact) mass is 408 g/mol. The summed E-state index contributed by atoms with van der Waals surface area (Å²) < 4.78 is 14.8. The number of pyridine rings is 2. The Morgan fingerprint density at radius 3 is 2.70 bits per heavy atom. The van der Waals surface area contributed by atoms with Gasteiger partial charge >= 0.3 is 0 Å². The Labute approximate surface area is 174 Å². The van der Waals surface area contributed by atoms with Gasteiger partial charge in [0.2, 0.25) is 0 Å². The standard InChI is InChI=1S/C22H25FN6O/c1-14-20-18(4-8-24-14)26-21(25-17-2-3-17)22(27-20)28-9-5-15(6-10-28)13-29-11-7-16(23)12-19(29)30/h4,7-8,11-12,15,17H,2-3,5-6,9-10,13H2,1H3,(H,25,26). The van der Waals surface area contributed by atoms with Gasteiger partial charge in [-0.25, -0.2) is 14.4 Å². The van der Waals surface area contributed by atoms with Gasteiger partial charge < -0.3 is 14.8 Å². The SMILES string of the molecule is Cc1nccc2nc(NC3CC3)c(N3CCC(Cn4ccc(F)cc4=O)CC3)nc12. The molecule has 30 heavy (non-hydrogen) atoms. The number of halogens is 1. The Bertz CT molecular complexity index is 1130. The second kappa shape index (κ2) is 7.66. The Hall–Kier alpha value is -3.03. The Morgan fingerprint density at radius 1 is 1.17 bits per heavy atom. The summed E-state index contributed by atoms with van der Waals surface area (Å²) in [7, 11) is 0. The summed E-state index contributed by atoms with van der Waals surface area (Å²) in [5, 5.41) is 3.54. The van der Waals surface area contributed by atoms with Crippen molar-refractivity contribution in [1.29, 1.82) is 0 Å². The van der Waals surface area contributed by atoms with Gasteiger partial charge in [-0.15, -0.1) is 0 Å². The maximum atomic E-state index is 13.2. The topological polar surface area (TPSA) is 75.9 Å². The summed E-state index contributed by atoms with van der Waals surface area (Å²) in [5.74, 6) is 1.63. The number of piperidine rings is 1. The van der Waals surface area contributed by atoms with Crippen LogP contribution in [0, 0.1) is 18.7 Å². The number of aryl methyl sites for hydroxylation is 1. The summed E-state index contributed by atoms with van der Waals surface area (Å²) in [6, 6.07) is 4.78. The third-order valence-electron chi connectivity index (χ3n) is 5.99. The van der Waals surface area contributed by atoms with E-state index in [-0.39, 0.29) is 5.56 Å². The molecule has 0 radical (unpaired) electrons. The second-order valence-corrected chi connectivity index (χ2v) is 8.34. The van der Waals surface area contributed by atoms with E-state index in [1.165, 1.54) is 18.9 Å².